The van der Waals surface area contributed by atoms with Crippen LogP contribution in [-0.2, 0) is 6.54 Å². The average molecular weight is 448 g/mol. The minimum absolute atomic E-state index is 0.368. The lowest BCUT2D eigenvalue weighted by atomic mass is 9.89. The Morgan fingerprint density at radius 3 is 2.64 bits per heavy atom. The highest BCUT2D eigenvalue weighted by molar-refractivity contribution is 5.21. The van der Waals surface area contributed by atoms with E-state index in [2.05, 4.69) is 68.1 Å². The number of aromatic nitrogens is 1. The van der Waals surface area contributed by atoms with Crippen LogP contribution in [0.25, 0.3) is 0 Å². The lowest BCUT2D eigenvalue weighted by molar-refractivity contribution is 0.0747. The SMILES string of the molecule is c1ccc(C2NNCC2CN(Cc2cccnc2)CC2CCCN(C3CCCCC3)C2)cc1. The van der Waals surface area contributed by atoms with Crippen LogP contribution in [-0.4, -0.2) is 53.5 Å². The smallest absolute Gasteiger partial charge is 0.0515 e. The monoisotopic (exact) mass is 447 g/mol. The molecule has 1 saturated carbocycles. The van der Waals surface area contributed by atoms with Gasteiger partial charge in [-0.25, -0.2) is 5.43 Å². The highest BCUT2D eigenvalue weighted by Crippen LogP contribution is 2.29. The van der Waals surface area contributed by atoms with Crippen molar-refractivity contribution in [1.29, 1.82) is 0 Å². The fourth-order valence-corrected chi connectivity index (χ4v) is 6.40. The summed E-state index contributed by atoms with van der Waals surface area (Å²) in [6.07, 6.45) is 13.8. The van der Waals surface area contributed by atoms with Crippen molar-refractivity contribution in [2.24, 2.45) is 11.8 Å². The number of benzene rings is 1. The largest absolute Gasteiger partial charge is 0.300 e. The van der Waals surface area contributed by atoms with Crippen LogP contribution in [0, 0.1) is 11.8 Å². The van der Waals surface area contributed by atoms with Crippen molar-refractivity contribution < 1.29 is 0 Å². The first-order chi connectivity index (χ1) is 16.3. The maximum Gasteiger partial charge on any atom is 0.0515 e. The van der Waals surface area contributed by atoms with Crippen LogP contribution in [0.4, 0.5) is 0 Å². The van der Waals surface area contributed by atoms with Crippen LogP contribution >= 0.6 is 0 Å². The molecule has 2 saturated heterocycles. The van der Waals surface area contributed by atoms with Gasteiger partial charge in [-0.15, -0.1) is 0 Å². The molecule has 178 valence electrons. The standard InChI is InChI=1S/C28H41N5/c1-3-11-25(12-4-1)28-26(18-30-31-28)22-32(19-23-9-7-15-29-17-23)20-24-10-8-16-33(21-24)27-13-5-2-6-14-27/h1,3-4,7,9,11-12,15,17,24,26-28,30-31H,2,5-6,8,10,13-14,16,18-22H2. The molecule has 0 bridgehead atoms. The fourth-order valence-electron chi connectivity index (χ4n) is 6.40. The van der Waals surface area contributed by atoms with Crippen molar-refractivity contribution in [1.82, 2.24) is 25.6 Å². The van der Waals surface area contributed by atoms with Crippen LogP contribution < -0.4 is 10.9 Å². The molecule has 2 aromatic rings. The summed E-state index contributed by atoms with van der Waals surface area (Å²) >= 11 is 0. The lowest BCUT2D eigenvalue weighted by Crippen LogP contribution is -2.47. The van der Waals surface area contributed by atoms with Gasteiger partial charge in [-0.05, 0) is 55.3 Å². The quantitative estimate of drug-likeness (QED) is 0.628. The van der Waals surface area contributed by atoms with Gasteiger partial charge in [0.15, 0.2) is 0 Å². The van der Waals surface area contributed by atoms with Gasteiger partial charge < -0.3 is 4.90 Å². The number of nitrogens with one attached hydrogen (secondary N) is 2. The number of hydrazine groups is 1. The van der Waals surface area contributed by atoms with Crippen LogP contribution in [0.5, 0.6) is 0 Å². The minimum Gasteiger partial charge on any atom is -0.300 e. The molecule has 3 fully saturated rings. The number of rotatable bonds is 8. The van der Waals surface area contributed by atoms with E-state index in [4.69, 9.17) is 0 Å². The zero-order valence-corrected chi connectivity index (χ0v) is 20.0. The zero-order chi connectivity index (χ0) is 22.3. The van der Waals surface area contributed by atoms with Gasteiger partial charge in [0.05, 0.1) is 6.04 Å². The molecule has 3 heterocycles. The zero-order valence-electron chi connectivity index (χ0n) is 20.0. The number of pyridine rings is 1. The first-order valence-corrected chi connectivity index (χ1v) is 13.2. The van der Waals surface area contributed by atoms with Gasteiger partial charge in [0.25, 0.3) is 0 Å². The van der Waals surface area contributed by atoms with E-state index in [1.54, 1.807) is 0 Å². The van der Waals surface area contributed by atoms with Crippen LogP contribution in [0.3, 0.4) is 0 Å². The molecule has 5 heteroatoms. The number of piperidine rings is 1. The van der Waals surface area contributed by atoms with E-state index in [9.17, 15) is 0 Å². The topological polar surface area (TPSA) is 43.4 Å². The molecule has 1 aromatic heterocycles. The summed E-state index contributed by atoms with van der Waals surface area (Å²) in [4.78, 5) is 9.96. The average Bonchev–Trinajstić information content (AvgIpc) is 3.34. The van der Waals surface area contributed by atoms with E-state index in [0.717, 1.165) is 31.6 Å². The molecule has 2 aliphatic heterocycles. The van der Waals surface area contributed by atoms with Gasteiger partial charge in [-0.3, -0.25) is 15.3 Å². The summed E-state index contributed by atoms with van der Waals surface area (Å²) in [6.45, 7) is 6.91. The van der Waals surface area contributed by atoms with Crippen LogP contribution in [0.15, 0.2) is 54.9 Å². The Bertz CT molecular complexity index is 823. The van der Waals surface area contributed by atoms with Crippen molar-refractivity contribution in [2.75, 3.05) is 32.7 Å². The maximum atomic E-state index is 4.39. The van der Waals surface area contributed by atoms with Gasteiger partial charge in [-0.2, -0.15) is 0 Å². The third-order valence-electron chi connectivity index (χ3n) is 8.03. The summed E-state index contributed by atoms with van der Waals surface area (Å²) in [5.41, 5.74) is 9.71. The summed E-state index contributed by atoms with van der Waals surface area (Å²) in [5, 5.41) is 0. The molecule has 1 aromatic carbocycles. The van der Waals surface area contributed by atoms with E-state index in [1.807, 2.05) is 12.4 Å². The highest BCUT2D eigenvalue weighted by Gasteiger charge is 2.32. The summed E-state index contributed by atoms with van der Waals surface area (Å²) in [7, 11) is 0. The van der Waals surface area contributed by atoms with Crippen LogP contribution in [0.1, 0.15) is 62.1 Å². The molecule has 5 nitrogen and oxygen atoms in total. The van der Waals surface area contributed by atoms with Crippen molar-refractivity contribution in [2.45, 2.75) is 63.6 Å². The second kappa shape index (κ2) is 11.6. The number of likely N-dealkylation sites (tertiary alicyclic amines) is 1. The highest BCUT2D eigenvalue weighted by atomic mass is 15.4. The summed E-state index contributed by atoms with van der Waals surface area (Å²) in [6, 6.07) is 16.4. The van der Waals surface area contributed by atoms with Gasteiger partial charge in [-0.1, -0.05) is 55.7 Å². The lowest BCUT2D eigenvalue weighted by Gasteiger charge is -2.41. The molecular formula is C28H41N5. The molecule has 0 amide bonds. The summed E-state index contributed by atoms with van der Waals surface area (Å²) < 4.78 is 0. The van der Waals surface area contributed by atoms with Crippen molar-refractivity contribution in [3.05, 3.63) is 66.0 Å². The third-order valence-corrected chi connectivity index (χ3v) is 8.03. The Balaban J connectivity index is 1.26. The Labute approximate surface area is 199 Å². The van der Waals surface area contributed by atoms with Crippen LogP contribution in [0.2, 0.25) is 0 Å². The van der Waals surface area contributed by atoms with Crippen molar-refractivity contribution in [3.8, 4) is 0 Å². The molecule has 1 aliphatic carbocycles. The van der Waals surface area contributed by atoms with Gasteiger partial charge in [0.1, 0.15) is 0 Å². The minimum atomic E-state index is 0.368. The first-order valence-electron chi connectivity index (χ1n) is 13.2. The number of hydrogen-bond donors (Lipinski definition) is 2. The third kappa shape index (κ3) is 6.21. The summed E-state index contributed by atoms with van der Waals surface area (Å²) in [5.74, 6) is 1.33. The molecule has 2 N–H and O–H groups in total. The van der Waals surface area contributed by atoms with E-state index in [0.29, 0.717) is 12.0 Å². The van der Waals surface area contributed by atoms with E-state index < -0.39 is 0 Å². The molecule has 33 heavy (non-hydrogen) atoms. The molecule has 0 spiro atoms. The van der Waals surface area contributed by atoms with E-state index >= 15 is 0 Å². The Morgan fingerprint density at radius 2 is 1.82 bits per heavy atom. The van der Waals surface area contributed by atoms with Gasteiger partial charge in [0.2, 0.25) is 0 Å². The Morgan fingerprint density at radius 1 is 0.939 bits per heavy atom. The maximum absolute atomic E-state index is 4.39. The molecule has 3 aliphatic rings. The predicted octanol–water partition coefficient (Wildman–Crippen LogP) is 4.39. The molecule has 0 radical (unpaired) electrons. The predicted molar refractivity (Wildman–Crippen MR) is 134 cm³/mol. The molecule has 3 unspecified atom stereocenters. The Kier molecular flexibility index (Phi) is 8.05. The van der Waals surface area contributed by atoms with Gasteiger partial charge >= 0.3 is 0 Å². The molecule has 5 rings (SSSR count). The Hall–Kier alpha value is -1.79. The first kappa shape index (κ1) is 23.0. The molecular weight excluding hydrogens is 406 g/mol. The van der Waals surface area contributed by atoms with Gasteiger partial charge in [0, 0.05) is 57.1 Å². The van der Waals surface area contributed by atoms with Crippen molar-refractivity contribution >= 4 is 0 Å². The van der Waals surface area contributed by atoms with E-state index in [-0.39, 0.29) is 0 Å². The van der Waals surface area contributed by atoms with E-state index in [1.165, 1.54) is 75.7 Å². The second-order valence-electron chi connectivity index (χ2n) is 10.5. The van der Waals surface area contributed by atoms with Crippen molar-refractivity contribution in [3.63, 3.8) is 0 Å². The number of hydrogen-bond acceptors (Lipinski definition) is 5. The second-order valence-corrected chi connectivity index (χ2v) is 10.5. The fraction of sp³-hybridized carbons (Fsp3) is 0.607. The number of nitrogens with zero attached hydrogens (tertiary/aromatic N) is 3. The molecule has 3 atom stereocenters. The normalized spacial score (nSPS) is 27.2.